The molecule has 12 heteroatoms. The minimum Gasteiger partial charge on any atom is -0.550 e. The maximum Gasteiger partial charge on any atom is 1.00 e. The second-order valence-electron chi connectivity index (χ2n) is 9.53. The Morgan fingerprint density at radius 1 is 1.10 bits per heavy atom. The number of aliphatic hydroxyl groups is 2. The van der Waals surface area contributed by atoms with Gasteiger partial charge in [-0.3, -0.25) is 9.59 Å². The van der Waals surface area contributed by atoms with E-state index >= 15 is 0 Å². The molecule has 2 aromatic carbocycles. The third-order valence-corrected chi connectivity index (χ3v) is 7.17. The van der Waals surface area contributed by atoms with Gasteiger partial charge in [0.1, 0.15) is 6.10 Å². The van der Waals surface area contributed by atoms with E-state index in [0.29, 0.717) is 12.2 Å². The maximum absolute atomic E-state index is 12.6. The zero-order valence-electron chi connectivity index (χ0n) is 24.8. The monoisotopic (exact) mass is 612 g/mol. The molecule has 226 valence electrons. The van der Waals surface area contributed by atoms with Gasteiger partial charge in [0.2, 0.25) is 5.91 Å². The first-order valence-electron chi connectivity index (χ1n) is 13.7. The number of rotatable bonds is 13. The zero-order valence-corrected chi connectivity index (χ0v) is 27.6. The van der Waals surface area contributed by atoms with Crippen LogP contribution in [0.5, 0.6) is 0 Å². The average Bonchev–Trinajstić information content (AvgIpc) is 2.94. The van der Waals surface area contributed by atoms with Gasteiger partial charge in [-0.2, -0.15) is 11.8 Å². The molecule has 42 heavy (non-hydrogen) atoms. The van der Waals surface area contributed by atoms with Crippen LogP contribution in [0.25, 0.3) is 11.1 Å². The first kappa shape index (κ1) is 38.1. The summed E-state index contributed by atoms with van der Waals surface area (Å²) in [5.74, 6) is 0.357. The van der Waals surface area contributed by atoms with Crippen molar-refractivity contribution >= 4 is 29.5 Å². The topological polar surface area (TPSA) is 157 Å². The van der Waals surface area contributed by atoms with Crippen molar-refractivity contribution in [3.63, 3.8) is 0 Å². The summed E-state index contributed by atoms with van der Waals surface area (Å²) in [6.07, 6.45) is -2.27. The number of benzene rings is 2. The van der Waals surface area contributed by atoms with Crippen LogP contribution in [-0.2, 0) is 19.1 Å². The van der Waals surface area contributed by atoms with Crippen LogP contribution in [0.1, 0.15) is 50.4 Å². The Kier molecular flexibility index (Phi) is 18.9. The Morgan fingerprint density at radius 2 is 1.71 bits per heavy atom. The summed E-state index contributed by atoms with van der Waals surface area (Å²) in [5.41, 5.74) is 2.61. The predicted molar refractivity (Wildman–Crippen MR) is 156 cm³/mol. The molecule has 1 fully saturated rings. The third kappa shape index (κ3) is 14.0. The number of carboxylic acid groups (broad SMARTS) is 1. The van der Waals surface area contributed by atoms with E-state index in [0.717, 1.165) is 36.0 Å². The van der Waals surface area contributed by atoms with E-state index in [1.807, 2.05) is 54.2 Å². The fourth-order valence-electron chi connectivity index (χ4n) is 4.29. The molecule has 0 bridgehead atoms. The standard InChI is InChI=1S/C28H38N2O6S.C2H4O2.Na/c1-3-37-17-7-16-35-25-18-24(33)26(30-19(2)31)27(36-25)23(32)14-15-29-28(34)22-12-10-21(11-13-22)20-8-5-4-6-9-20;1-2(3)4;/h4-6,8-13,23-27,32-33H,3,7,14-18H2,1-2H3,(H,29,34)(H,30,31);1H3,(H,3,4);/q;;+1/p-1/t23?,24?,25?,26-,27?;;/m1../s1. The molecule has 1 saturated heterocycles. The van der Waals surface area contributed by atoms with Crippen molar-refractivity contribution in [3.05, 3.63) is 60.2 Å². The van der Waals surface area contributed by atoms with E-state index in [1.54, 1.807) is 12.1 Å². The molecule has 0 aromatic heterocycles. The summed E-state index contributed by atoms with van der Waals surface area (Å²) in [5, 5.41) is 35.9. The van der Waals surface area contributed by atoms with Crippen LogP contribution in [-0.4, -0.2) is 83.3 Å². The quantitative estimate of drug-likeness (QED) is 0.160. The van der Waals surface area contributed by atoms with E-state index in [1.165, 1.54) is 6.92 Å². The number of ether oxygens (including phenoxy) is 2. The minimum absolute atomic E-state index is 0. The normalized spacial score (nSPS) is 20.2. The van der Waals surface area contributed by atoms with Crippen LogP contribution < -0.4 is 45.3 Å². The molecule has 0 saturated carbocycles. The SMILES string of the molecule is CC(=O)[O-].CCSCCCOC1CC(O)[C@@H](NC(C)=O)C(C(O)CCNC(=O)c2ccc(-c3ccccc3)cc2)O1.[Na+]. The summed E-state index contributed by atoms with van der Waals surface area (Å²) in [6.45, 7) is 5.11. The van der Waals surface area contributed by atoms with Crippen molar-refractivity contribution in [2.45, 2.75) is 70.7 Å². The molecule has 2 aromatic rings. The number of carbonyl (C=O) groups excluding carboxylic acids is 3. The number of thioether (sulfide) groups is 1. The second kappa shape index (κ2) is 20.9. The Hall–Kier alpha value is -1.96. The molecule has 1 aliphatic heterocycles. The van der Waals surface area contributed by atoms with E-state index in [9.17, 15) is 19.8 Å². The van der Waals surface area contributed by atoms with Crippen LogP contribution in [0.15, 0.2) is 54.6 Å². The van der Waals surface area contributed by atoms with Gasteiger partial charge in [0.05, 0.1) is 24.9 Å². The molecule has 2 amide bonds. The van der Waals surface area contributed by atoms with E-state index in [2.05, 4.69) is 17.6 Å². The van der Waals surface area contributed by atoms with Gasteiger partial charge in [-0.05, 0) is 54.5 Å². The van der Waals surface area contributed by atoms with Gasteiger partial charge in [-0.25, -0.2) is 0 Å². The second-order valence-corrected chi connectivity index (χ2v) is 10.9. The van der Waals surface area contributed by atoms with Gasteiger partial charge in [0.15, 0.2) is 6.29 Å². The third-order valence-electron chi connectivity index (χ3n) is 6.18. The molecule has 0 aliphatic carbocycles. The van der Waals surface area contributed by atoms with Crippen LogP contribution in [0, 0.1) is 0 Å². The summed E-state index contributed by atoms with van der Waals surface area (Å²) in [6, 6.07) is 16.5. The predicted octanol–water partition coefficient (Wildman–Crippen LogP) is -1.26. The van der Waals surface area contributed by atoms with E-state index < -0.39 is 36.6 Å². The van der Waals surface area contributed by atoms with Crippen molar-refractivity contribution in [2.24, 2.45) is 0 Å². The van der Waals surface area contributed by atoms with Gasteiger partial charge in [0, 0.05) is 31.4 Å². The van der Waals surface area contributed by atoms with Crippen LogP contribution in [0.2, 0.25) is 0 Å². The molecule has 0 radical (unpaired) electrons. The molecule has 1 aliphatic rings. The van der Waals surface area contributed by atoms with Gasteiger partial charge in [-0.1, -0.05) is 49.4 Å². The van der Waals surface area contributed by atoms with Crippen LogP contribution in [0.3, 0.4) is 0 Å². The molecule has 10 nitrogen and oxygen atoms in total. The molecule has 4 unspecified atom stereocenters. The maximum atomic E-state index is 12.6. The number of carboxylic acids is 1. The van der Waals surface area contributed by atoms with E-state index in [-0.39, 0.29) is 60.8 Å². The smallest absolute Gasteiger partial charge is 0.550 e. The van der Waals surface area contributed by atoms with Crippen molar-refractivity contribution in [3.8, 4) is 11.1 Å². The Morgan fingerprint density at radius 3 is 2.31 bits per heavy atom. The minimum atomic E-state index is -1.08. The zero-order chi connectivity index (χ0) is 30.2. The van der Waals surface area contributed by atoms with E-state index in [4.69, 9.17) is 19.4 Å². The van der Waals surface area contributed by atoms with Gasteiger partial charge in [-0.15, -0.1) is 0 Å². The number of hydrogen-bond acceptors (Lipinski definition) is 9. The number of amides is 2. The van der Waals surface area contributed by atoms with Crippen LogP contribution >= 0.6 is 11.8 Å². The van der Waals surface area contributed by atoms with Crippen molar-refractivity contribution in [1.82, 2.24) is 10.6 Å². The molecule has 4 N–H and O–H groups in total. The van der Waals surface area contributed by atoms with Crippen molar-refractivity contribution in [1.29, 1.82) is 0 Å². The molecule has 1 heterocycles. The Bertz CT molecular complexity index is 1070. The van der Waals surface area contributed by atoms with Gasteiger partial charge in [0.25, 0.3) is 5.91 Å². The van der Waals surface area contributed by atoms with Crippen LogP contribution in [0.4, 0.5) is 0 Å². The number of hydrogen-bond donors (Lipinski definition) is 4. The van der Waals surface area contributed by atoms with Gasteiger partial charge < -0.3 is 40.2 Å². The first-order chi connectivity index (χ1) is 19.6. The van der Waals surface area contributed by atoms with Crippen molar-refractivity contribution < 1.29 is 68.7 Å². The first-order valence-corrected chi connectivity index (χ1v) is 14.9. The summed E-state index contributed by atoms with van der Waals surface area (Å²) >= 11 is 1.83. The Balaban J connectivity index is 0.00000165. The number of nitrogens with one attached hydrogen (secondary N) is 2. The molecular formula is C30H41N2NaO8S. The molecule has 0 spiro atoms. The molecule has 3 rings (SSSR count). The fourth-order valence-corrected chi connectivity index (χ4v) is 4.90. The van der Waals surface area contributed by atoms with Crippen molar-refractivity contribution in [2.75, 3.05) is 24.7 Å². The fraction of sp³-hybridized carbons (Fsp3) is 0.500. The number of aliphatic carboxylic acids is 1. The number of aliphatic hydroxyl groups excluding tert-OH is 2. The Labute approximate surface area is 274 Å². The summed E-state index contributed by atoms with van der Waals surface area (Å²) < 4.78 is 11.8. The number of carbonyl (C=O) groups is 3. The van der Waals surface area contributed by atoms with Gasteiger partial charge >= 0.3 is 29.6 Å². The summed E-state index contributed by atoms with van der Waals surface area (Å²) in [7, 11) is 0. The largest absolute Gasteiger partial charge is 1.00 e. The molecular weight excluding hydrogens is 571 g/mol. The molecule has 5 atom stereocenters. The average molecular weight is 613 g/mol. The summed E-state index contributed by atoms with van der Waals surface area (Å²) in [4.78, 5) is 33.2.